The van der Waals surface area contributed by atoms with Crippen molar-refractivity contribution >= 4 is 0 Å². The summed E-state index contributed by atoms with van der Waals surface area (Å²) in [7, 11) is 0. The molecule has 80 valence electrons. The van der Waals surface area contributed by atoms with E-state index in [0.717, 1.165) is 18.1 Å². The van der Waals surface area contributed by atoms with E-state index in [1.54, 1.807) is 0 Å². The largest absolute Gasteiger partial charge is 0.314 e. The van der Waals surface area contributed by atoms with Crippen LogP contribution in [0.5, 0.6) is 0 Å². The van der Waals surface area contributed by atoms with Crippen molar-refractivity contribution < 1.29 is 0 Å². The molecule has 0 aliphatic carbocycles. The molecule has 0 bridgehead atoms. The number of rotatable bonds is 1. The molecule has 0 spiro atoms. The first-order valence-corrected chi connectivity index (χ1v) is 6.15. The highest BCUT2D eigenvalue weighted by Gasteiger charge is 2.38. The van der Waals surface area contributed by atoms with Gasteiger partial charge in [-0.25, -0.2) is 0 Å². The second kappa shape index (κ2) is 3.80. The van der Waals surface area contributed by atoms with Crippen molar-refractivity contribution in [1.29, 1.82) is 0 Å². The molecule has 0 amide bonds. The molecule has 3 heteroatoms. The van der Waals surface area contributed by atoms with Crippen molar-refractivity contribution in [3.63, 3.8) is 0 Å². The Morgan fingerprint density at radius 1 is 1.07 bits per heavy atom. The fourth-order valence-electron chi connectivity index (χ4n) is 3.25. The Morgan fingerprint density at radius 2 is 2.00 bits per heavy atom. The first-order chi connectivity index (χ1) is 6.95. The average Bonchev–Trinajstić information content (AvgIpc) is 2.16. The Hall–Kier alpha value is -0.120. The van der Waals surface area contributed by atoms with Crippen LogP contribution >= 0.6 is 0 Å². The molecule has 2 atom stereocenters. The minimum atomic E-state index is 0.804. The van der Waals surface area contributed by atoms with Gasteiger partial charge >= 0.3 is 0 Å². The minimum Gasteiger partial charge on any atom is -0.314 e. The zero-order valence-corrected chi connectivity index (χ0v) is 8.84. The van der Waals surface area contributed by atoms with Gasteiger partial charge in [-0.05, 0) is 38.8 Å². The number of fused-ring (bicyclic) bond motifs is 1. The maximum Gasteiger partial charge on any atom is 0.0348 e. The first kappa shape index (κ1) is 9.13. The van der Waals surface area contributed by atoms with Gasteiger partial charge in [0.15, 0.2) is 0 Å². The smallest absolute Gasteiger partial charge is 0.0348 e. The van der Waals surface area contributed by atoms with Gasteiger partial charge in [0.2, 0.25) is 0 Å². The lowest BCUT2D eigenvalue weighted by Crippen LogP contribution is -2.66. The zero-order valence-electron chi connectivity index (χ0n) is 8.84. The monoisotopic (exact) mass is 195 g/mol. The van der Waals surface area contributed by atoms with Crippen molar-refractivity contribution in [3.05, 3.63) is 0 Å². The van der Waals surface area contributed by atoms with Crippen LogP contribution in [0.3, 0.4) is 0 Å². The predicted molar refractivity (Wildman–Crippen MR) is 57.4 cm³/mol. The summed E-state index contributed by atoms with van der Waals surface area (Å²) in [5.41, 5.74) is 0. The van der Waals surface area contributed by atoms with Crippen molar-refractivity contribution in [3.8, 4) is 0 Å². The normalized spacial score (nSPS) is 40.3. The summed E-state index contributed by atoms with van der Waals surface area (Å²) in [5.74, 6) is 0. The maximum absolute atomic E-state index is 3.69. The number of piperidine rings is 2. The molecule has 14 heavy (non-hydrogen) atoms. The van der Waals surface area contributed by atoms with E-state index in [1.807, 2.05) is 0 Å². The van der Waals surface area contributed by atoms with Crippen LogP contribution in [-0.2, 0) is 0 Å². The van der Waals surface area contributed by atoms with E-state index in [9.17, 15) is 0 Å². The maximum atomic E-state index is 3.69. The molecule has 2 unspecified atom stereocenters. The van der Waals surface area contributed by atoms with Gasteiger partial charge in [0.05, 0.1) is 0 Å². The highest BCUT2D eigenvalue weighted by Crippen LogP contribution is 2.27. The molecule has 3 saturated heterocycles. The fourth-order valence-corrected chi connectivity index (χ4v) is 3.25. The van der Waals surface area contributed by atoms with Crippen molar-refractivity contribution in [2.45, 2.75) is 43.8 Å². The summed E-state index contributed by atoms with van der Waals surface area (Å²) in [4.78, 5) is 2.77. The predicted octanol–water partition coefficient (Wildman–Crippen LogP) is 0.175. The standard InChI is InChI=1S/C11H21N3/c1-4-11-10(13-5-1)3-2-6-14(11)9-7-12-8-9/h9-13H,1-8H2. The van der Waals surface area contributed by atoms with Crippen molar-refractivity contribution in [2.75, 3.05) is 26.2 Å². The third-order valence-electron chi connectivity index (χ3n) is 4.13. The molecule has 0 aromatic heterocycles. The zero-order chi connectivity index (χ0) is 9.38. The topological polar surface area (TPSA) is 27.3 Å². The third-order valence-corrected chi connectivity index (χ3v) is 4.13. The number of likely N-dealkylation sites (tertiary alicyclic amines) is 1. The third kappa shape index (κ3) is 1.47. The summed E-state index contributed by atoms with van der Waals surface area (Å²) in [6.45, 7) is 5.04. The molecule has 3 heterocycles. The van der Waals surface area contributed by atoms with Crippen LogP contribution in [0.15, 0.2) is 0 Å². The number of hydrogen-bond donors (Lipinski definition) is 2. The van der Waals surface area contributed by atoms with Crippen LogP contribution < -0.4 is 10.6 Å². The molecule has 3 rings (SSSR count). The van der Waals surface area contributed by atoms with Gasteiger partial charge in [-0.2, -0.15) is 0 Å². The lowest BCUT2D eigenvalue weighted by molar-refractivity contribution is 0.0273. The SMILES string of the molecule is C1CNC2CCCN(C3CNC3)C2C1. The highest BCUT2D eigenvalue weighted by atomic mass is 15.3. The van der Waals surface area contributed by atoms with E-state index in [-0.39, 0.29) is 0 Å². The summed E-state index contributed by atoms with van der Waals surface area (Å²) < 4.78 is 0. The van der Waals surface area contributed by atoms with Crippen LogP contribution in [0.2, 0.25) is 0 Å². The Kier molecular flexibility index (Phi) is 2.48. The minimum absolute atomic E-state index is 0.804. The van der Waals surface area contributed by atoms with Crippen LogP contribution in [0.4, 0.5) is 0 Å². The summed E-state index contributed by atoms with van der Waals surface area (Å²) in [5, 5.41) is 7.08. The van der Waals surface area contributed by atoms with E-state index >= 15 is 0 Å². The van der Waals surface area contributed by atoms with E-state index in [0.29, 0.717) is 0 Å². The fraction of sp³-hybridized carbons (Fsp3) is 1.00. The Bertz CT molecular complexity index is 199. The molecule has 0 aromatic rings. The number of hydrogen-bond acceptors (Lipinski definition) is 3. The van der Waals surface area contributed by atoms with Gasteiger partial charge in [-0.15, -0.1) is 0 Å². The molecule has 3 nitrogen and oxygen atoms in total. The van der Waals surface area contributed by atoms with Gasteiger partial charge in [-0.3, -0.25) is 4.90 Å². The Morgan fingerprint density at radius 3 is 2.79 bits per heavy atom. The van der Waals surface area contributed by atoms with Crippen LogP contribution in [0.1, 0.15) is 25.7 Å². The summed E-state index contributed by atoms with van der Waals surface area (Å²) >= 11 is 0. The van der Waals surface area contributed by atoms with Crippen LogP contribution in [-0.4, -0.2) is 49.2 Å². The van der Waals surface area contributed by atoms with Gasteiger partial charge in [0, 0.05) is 31.2 Å². The Labute approximate surface area is 86.2 Å². The molecule has 0 saturated carbocycles. The molecule has 3 aliphatic rings. The average molecular weight is 195 g/mol. The van der Waals surface area contributed by atoms with Crippen LogP contribution in [0, 0.1) is 0 Å². The van der Waals surface area contributed by atoms with Crippen molar-refractivity contribution in [1.82, 2.24) is 15.5 Å². The van der Waals surface area contributed by atoms with Gasteiger partial charge < -0.3 is 10.6 Å². The summed E-state index contributed by atoms with van der Waals surface area (Å²) in [6.07, 6.45) is 5.60. The van der Waals surface area contributed by atoms with Gasteiger partial charge in [-0.1, -0.05) is 0 Å². The lowest BCUT2D eigenvalue weighted by Gasteiger charge is -2.50. The second-order valence-corrected chi connectivity index (χ2v) is 4.96. The van der Waals surface area contributed by atoms with Gasteiger partial charge in [0.1, 0.15) is 0 Å². The number of nitrogens with one attached hydrogen (secondary N) is 2. The second-order valence-electron chi connectivity index (χ2n) is 4.96. The molecule has 0 aromatic carbocycles. The number of nitrogens with zero attached hydrogens (tertiary/aromatic N) is 1. The molecule has 3 aliphatic heterocycles. The molecular weight excluding hydrogens is 174 g/mol. The van der Waals surface area contributed by atoms with E-state index in [1.165, 1.54) is 51.9 Å². The van der Waals surface area contributed by atoms with Gasteiger partial charge in [0.25, 0.3) is 0 Å². The molecule has 2 N–H and O–H groups in total. The summed E-state index contributed by atoms with van der Waals surface area (Å²) in [6, 6.07) is 2.50. The van der Waals surface area contributed by atoms with E-state index in [4.69, 9.17) is 0 Å². The lowest BCUT2D eigenvalue weighted by atomic mass is 9.87. The van der Waals surface area contributed by atoms with Crippen molar-refractivity contribution in [2.24, 2.45) is 0 Å². The van der Waals surface area contributed by atoms with Crippen LogP contribution in [0.25, 0.3) is 0 Å². The van der Waals surface area contributed by atoms with E-state index < -0.39 is 0 Å². The quantitative estimate of drug-likeness (QED) is 0.625. The van der Waals surface area contributed by atoms with E-state index in [2.05, 4.69) is 15.5 Å². The molecular formula is C11H21N3. The Balaban J connectivity index is 1.69. The molecule has 0 radical (unpaired) electrons. The molecule has 3 fully saturated rings. The first-order valence-electron chi connectivity index (χ1n) is 6.15. The highest BCUT2D eigenvalue weighted by molar-refractivity contribution is 4.97.